The first-order valence-electron chi connectivity index (χ1n) is 6.82. The Morgan fingerprint density at radius 3 is 2.61 bits per heavy atom. The molecule has 0 heterocycles. The third-order valence-corrected chi connectivity index (χ3v) is 4.99. The summed E-state index contributed by atoms with van der Waals surface area (Å²) in [6, 6.07) is 7.86. The van der Waals surface area contributed by atoms with Gasteiger partial charge in [0.05, 0.1) is 6.10 Å². The van der Waals surface area contributed by atoms with Crippen LogP contribution in [0.2, 0.25) is 5.02 Å². The highest BCUT2D eigenvalue weighted by Crippen LogP contribution is 2.29. The molecule has 1 aliphatic carbocycles. The highest BCUT2D eigenvalue weighted by Gasteiger charge is 2.20. The Morgan fingerprint density at radius 2 is 1.94 bits per heavy atom. The van der Waals surface area contributed by atoms with Crippen molar-refractivity contribution >= 4 is 23.4 Å². The molecule has 1 saturated carbocycles. The topological polar surface area (TPSA) is 20.2 Å². The minimum absolute atomic E-state index is 0.174. The van der Waals surface area contributed by atoms with Crippen LogP contribution in [-0.4, -0.2) is 17.0 Å². The highest BCUT2D eigenvalue weighted by molar-refractivity contribution is 7.99. The molecular formula is C15H21ClOS. The number of rotatable bonds is 4. The average Bonchev–Trinajstić information content (AvgIpc) is 2.65. The van der Waals surface area contributed by atoms with Crippen LogP contribution in [0.3, 0.4) is 0 Å². The summed E-state index contributed by atoms with van der Waals surface area (Å²) in [6.45, 7) is 0. The van der Waals surface area contributed by atoms with E-state index >= 15 is 0 Å². The van der Waals surface area contributed by atoms with Gasteiger partial charge in [0.25, 0.3) is 0 Å². The lowest BCUT2D eigenvalue weighted by atomic mass is 9.95. The second kappa shape index (κ2) is 7.42. The lowest BCUT2D eigenvalue weighted by Crippen LogP contribution is -2.22. The maximum atomic E-state index is 10.3. The Balaban J connectivity index is 1.81. The van der Waals surface area contributed by atoms with E-state index in [4.69, 9.17) is 11.6 Å². The maximum absolute atomic E-state index is 10.3. The number of benzene rings is 1. The molecule has 2 rings (SSSR count). The average molecular weight is 285 g/mol. The summed E-state index contributed by atoms with van der Waals surface area (Å²) in [6.07, 6.45) is 7.45. The fraction of sp³-hybridized carbons (Fsp3) is 0.600. The molecule has 1 aliphatic rings. The molecule has 1 atom stereocenters. The fourth-order valence-electron chi connectivity index (χ4n) is 2.57. The van der Waals surface area contributed by atoms with Gasteiger partial charge in [-0.05, 0) is 37.0 Å². The number of halogens is 1. The van der Waals surface area contributed by atoms with Crippen molar-refractivity contribution in [2.75, 3.05) is 5.75 Å². The monoisotopic (exact) mass is 284 g/mol. The molecule has 18 heavy (non-hydrogen) atoms. The van der Waals surface area contributed by atoms with Crippen molar-refractivity contribution in [3.8, 4) is 0 Å². The van der Waals surface area contributed by atoms with Crippen LogP contribution < -0.4 is 0 Å². The van der Waals surface area contributed by atoms with Gasteiger partial charge in [-0.25, -0.2) is 0 Å². The molecule has 3 heteroatoms. The number of aliphatic hydroxyl groups excluding tert-OH is 1. The first-order valence-corrected chi connectivity index (χ1v) is 8.18. The summed E-state index contributed by atoms with van der Waals surface area (Å²) in [5.41, 5.74) is 0. The highest BCUT2D eigenvalue weighted by atomic mass is 35.5. The Labute approximate surface area is 119 Å². The summed E-state index contributed by atoms with van der Waals surface area (Å²) < 4.78 is 0. The van der Waals surface area contributed by atoms with Crippen LogP contribution in [0.1, 0.15) is 38.5 Å². The minimum Gasteiger partial charge on any atom is -0.392 e. The van der Waals surface area contributed by atoms with E-state index in [1.54, 1.807) is 11.8 Å². The SMILES string of the molecule is OC(CSc1cccc(Cl)c1)C1CCCCCC1. The van der Waals surface area contributed by atoms with Crippen molar-refractivity contribution < 1.29 is 5.11 Å². The molecule has 1 N–H and O–H groups in total. The molecule has 1 unspecified atom stereocenters. The summed E-state index contributed by atoms with van der Waals surface area (Å²) in [7, 11) is 0. The van der Waals surface area contributed by atoms with Gasteiger partial charge in [0.2, 0.25) is 0 Å². The quantitative estimate of drug-likeness (QED) is 0.635. The summed E-state index contributed by atoms with van der Waals surface area (Å²) in [5.74, 6) is 1.28. The predicted molar refractivity (Wildman–Crippen MR) is 79.4 cm³/mol. The molecule has 1 nitrogen and oxygen atoms in total. The third kappa shape index (κ3) is 4.49. The molecule has 0 bridgehead atoms. The molecule has 1 aromatic carbocycles. The maximum Gasteiger partial charge on any atom is 0.0662 e. The van der Waals surface area contributed by atoms with Crippen LogP contribution in [0, 0.1) is 5.92 Å². The number of thioether (sulfide) groups is 1. The van der Waals surface area contributed by atoms with Crippen LogP contribution >= 0.6 is 23.4 Å². The van der Waals surface area contributed by atoms with Gasteiger partial charge in [-0.15, -0.1) is 11.8 Å². The Morgan fingerprint density at radius 1 is 1.22 bits per heavy atom. The van der Waals surface area contributed by atoms with E-state index in [9.17, 15) is 5.11 Å². The van der Waals surface area contributed by atoms with Crippen LogP contribution in [0.5, 0.6) is 0 Å². The largest absolute Gasteiger partial charge is 0.392 e. The van der Waals surface area contributed by atoms with E-state index in [0.717, 1.165) is 15.7 Å². The summed E-state index contributed by atoms with van der Waals surface area (Å²) >= 11 is 7.66. The first kappa shape index (κ1) is 14.2. The van der Waals surface area contributed by atoms with Gasteiger partial charge >= 0.3 is 0 Å². The van der Waals surface area contributed by atoms with Gasteiger partial charge in [0.1, 0.15) is 0 Å². The van der Waals surface area contributed by atoms with Gasteiger partial charge in [0, 0.05) is 15.7 Å². The molecular weight excluding hydrogens is 264 g/mol. The molecule has 100 valence electrons. The Bertz CT molecular complexity index is 361. The number of hydrogen-bond acceptors (Lipinski definition) is 2. The van der Waals surface area contributed by atoms with E-state index in [2.05, 4.69) is 6.07 Å². The van der Waals surface area contributed by atoms with E-state index in [-0.39, 0.29) is 6.10 Å². The van der Waals surface area contributed by atoms with Crippen molar-refractivity contribution in [1.29, 1.82) is 0 Å². The van der Waals surface area contributed by atoms with Crippen molar-refractivity contribution in [2.45, 2.75) is 49.5 Å². The number of hydrogen-bond donors (Lipinski definition) is 1. The van der Waals surface area contributed by atoms with Crippen molar-refractivity contribution in [3.63, 3.8) is 0 Å². The van der Waals surface area contributed by atoms with Crippen LogP contribution in [-0.2, 0) is 0 Å². The zero-order valence-corrected chi connectivity index (χ0v) is 12.2. The zero-order chi connectivity index (χ0) is 12.8. The van der Waals surface area contributed by atoms with Crippen LogP contribution in [0.25, 0.3) is 0 Å². The van der Waals surface area contributed by atoms with E-state index in [1.807, 2.05) is 18.2 Å². The second-order valence-electron chi connectivity index (χ2n) is 5.09. The molecule has 1 aromatic rings. The van der Waals surface area contributed by atoms with Gasteiger partial charge in [-0.2, -0.15) is 0 Å². The zero-order valence-electron chi connectivity index (χ0n) is 10.6. The van der Waals surface area contributed by atoms with Gasteiger partial charge in [-0.1, -0.05) is 43.4 Å². The first-order chi connectivity index (χ1) is 8.75. The van der Waals surface area contributed by atoms with Crippen molar-refractivity contribution in [1.82, 2.24) is 0 Å². The van der Waals surface area contributed by atoms with E-state index in [1.165, 1.54) is 38.5 Å². The summed E-state index contributed by atoms with van der Waals surface area (Å²) in [5, 5.41) is 11.0. The standard InChI is InChI=1S/C15H21ClOS/c16-13-8-5-9-14(10-13)18-11-15(17)12-6-3-1-2-4-7-12/h5,8-10,12,15,17H,1-4,6-7,11H2. The predicted octanol–water partition coefficient (Wildman–Crippen LogP) is 4.76. The van der Waals surface area contributed by atoms with Crippen LogP contribution in [0.15, 0.2) is 29.2 Å². The Hall–Kier alpha value is -0.180. The normalized spacial score (nSPS) is 19.4. The molecule has 0 aliphatic heterocycles. The fourth-order valence-corrected chi connectivity index (χ4v) is 3.85. The number of aliphatic hydroxyl groups is 1. The molecule has 0 radical (unpaired) electrons. The molecule has 0 amide bonds. The summed E-state index contributed by atoms with van der Waals surface area (Å²) in [4.78, 5) is 1.15. The molecule has 0 saturated heterocycles. The van der Waals surface area contributed by atoms with E-state index in [0.29, 0.717) is 5.92 Å². The van der Waals surface area contributed by atoms with E-state index < -0.39 is 0 Å². The van der Waals surface area contributed by atoms with Crippen LogP contribution in [0.4, 0.5) is 0 Å². The van der Waals surface area contributed by atoms with Crippen molar-refractivity contribution in [2.24, 2.45) is 5.92 Å². The minimum atomic E-state index is -0.174. The second-order valence-corrected chi connectivity index (χ2v) is 6.62. The smallest absolute Gasteiger partial charge is 0.0662 e. The van der Waals surface area contributed by atoms with Gasteiger partial charge in [0.15, 0.2) is 0 Å². The van der Waals surface area contributed by atoms with Gasteiger partial charge in [-0.3, -0.25) is 0 Å². The molecule has 0 spiro atoms. The van der Waals surface area contributed by atoms with Gasteiger partial charge < -0.3 is 5.11 Å². The Kier molecular flexibility index (Phi) is 5.87. The molecule has 0 aromatic heterocycles. The lowest BCUT2D eigenvalue weighted by Gasteiger charge is -2.20. The molecule has 1 fully saturated rings. The van der Waals surface area contributed by atoms with Crippen molar-refractivity contribution in [3.05, 3.63) is 29.3 Å². The third-order valence-electron chi connectivity index (χ3n) is 3.66. The lowest BCUT2D eigenvalue weighted by molar-refractivity contribution is 0.120.